The highest BCUT2D eigenvalue weighted by Crippen LogP contribution is 2.47. The van der Waals surface area contributed by atoms with E-state index in [1.54, 1.807) is 13.4 Å². The smallest absolute Gasteiger partial charge is 0.274 e. The number of carbonyl (C=O) groups is 1. The quantitative estimate of drug-likeness (QED) is 0.853. The molecule has 8 heteroatoms. The molecule has 1 N–H and O–H groups in total. The van der Waals surface area contributed by atoms with Gasteiger partial charge in [-0.3, -0.25) is 9.89 Å². The van der Waals surface area contributed by atoms with Crippen molar-refractivity contribution in [3.8, 4) is 0 Å². The molecular formula is C18H26N6O2. The van der Waals surface area contributed by atoms with Gasteiger partial charge in [0.2, 0.25) is 0 Å². The van der Waals surface area contributed by atoms with Gasteiger partial charge in [-0.05, 0) is 38.5 Å². The predicted molar refractivity (Wildman–Crippen MR) is 94.6 cm³/mol. The first-order valence-electron chi connectivity index (χ1n) is 9.29. The lowest BCUT2D eigenvalue weighted by atomic mass is 9.91. The number of amides is 1. The van der Waals surface area contributed by atoms with E-state index >= 15 is 0 Å². The Hall–Kier alpha value is -2.22. The van der Waals surface area contributed by atoms with Gasteiger partial charge in [-0.25, -0.2) is 9.97 Å². The Balaban J connectivity index is 1.52. The minimum atomic E-state index is 0.00482. The fourth-order valence-electron chi connectivity index (χ4n) is 3.84. The molecule has 0 unspecified atom stereocenters. The molecule has 1 saturated carbocycles. The summed E-state index contributed by atoms with van der Waals surface area (Å²) >= 11 is 0. The maximum Gasteiger partial charge on any atom is 0.274 e. The maximum absolute atomic E-state index is 12.9. The van der Waals surface area contributed by atoms with E-state index in [1.807, 2.05) is 15.7 Å². The second kappa shape index (κ2) is 6.83. The molecule has 2 aromatic heterocycles. The van der Waals surface area contributed by atoms with Gasteiger partial charge in [-0.1, -0.05) is 0 Å². The molecule has 3 heterocycles. The van der Waals surface area contributed by atoms with E-state index in [4.69, 9.17) is 4.74 Å². The first-order chi connectivity index (χ1) is 12.6. The van der Waals surface area contributed by atoms with Crippen molar-refractivity contribution in [1.82, 2.24) is 29.6 Å². The van der Waals surface area contributed by atoms with Gasteiger partial charge in [0.05, 0.1) is 6.33 Å². The van der Waals surface area contributed by atoms with Crippen LogP contribution in [-0.4, -0.2) is 55.7 Å². The van der Waals surface area contributed by atoms with Crippen molar-refractivity contribution in [1.29, 1.82) is 0 Å². The number of H-pyrrole nitrogens is 1. The second-order valence-corrected chi connectivity index (χ2v) is 7.69. The first kappa shape index (κ1) is 17.2. The molecule has 4 rings (SSSR count). The number of hydrogen-bond acceptors (Lipinski definition) is 5. The Labute approximate surface area is 153 Å². The van der Waals surface area contributed by atoms with E-state index in [1.165, 1.54) is 12.8 Å². The number of nitrogens with one attached hydrogen (secondary N) is 1. The molecular weight excluding hydrogens is 332 g/mol. The van der Waals surface area contributed by atoms with E-state index in [9.17, 15) is 4.79 Å². The van der Waals surface area contributed by atoms with Crippen LogP contribution >= 0.6 is 0 Å². The summed E-state index contributed by atoms with van der Waals surface area (Å²) in [6.07, 6.45) is 6.05. The van der Waals surface area contributed by atoms with Crippen LogP contribution < -0.4 is 0 Å². The van der Waals surface area contributed by atoms with Crippen molar-refractivity contribution in [3.05, 3.63) is 29.9 Å². The third-order valence-electron chi connectivity index (χ3n) is 5.46. The van der Waals surface area contributed by atoms with Crippen molar-refractivity contribution in [2.75, 3.05) is 20.2 Å². The summed E-state index contributed by atoms with van der Waals surface area (Å²) in [5.41, 5.74) is 0.518. The summed E-state index contributed by atoms with van der Waals surface area (Å²) in [7, 11) is 1.64. The van der Waals surface area contributed by atoms with E-state index in [-0.39, 0.29) is 11.8 Å². The van der Waals surface area contributed by atoms with Gasteiger partial charge < -0.3 is 14.2 Å². The standard InChI is InChI=1S/C18H26N6O2/c1-11(2)24-8-15(19-10-24)18(25)23-6-13(12-4-5-12)14(7-23)17-20-16(9-26-3)21-22-17/h8,10-14H,4-7,9H2,1-3H3,(H,20,21,22)/t13-,14+/m1/s1. The molecule has 1 amide bonds. The van der Waals surface area contributed by atoms with Gasteiger partial charge in [0.15, 0.2) is 11.6 Å². The summed E-state index contributed by atoms with van der Waals surface area (Å²) in [5.74, 6) is 2.83. The van der Waals surface area contributed by atoms with E-state index < -0.39 is 0 Å². The molecule has 1 aliphatic carbocycles. The topological polar surface area (TPSA) is 88.9 Å². The van der Waals surface area contributed by atoms with Crippen LogP contribution in [0, 0.1) is 11.8 Å². The zero-order valence-corrected chi connectivity index (χ0v) is 15.6. The molecule has 26 heavy (non-hydrogen) atoms. The number of nitrogens with zero attached hydrogens (tertiary/aromatic N) is 5. The van der Waals surface area contributed by atoms with Gasteiger partial charge in [0.1, 0.15) is 12.3 Å². The number of likely N-dealkylation sites (tertiary alicyclic amines) is 1. The molecule has 0 radical (unpaired) electrons. The lowest BCUT2D eigenvalue weighted by Gasteiger charge is -2.14. The molecule has 0 aromatic carbocycles. The van der Waals surface area contributed by atoms with Crippen molar-refractivity contribution >= 4 is 5.91 Å². The molecule has 2 fully saturated rings. The van der Waals surface area contributed by atoms with Crippen molar-refractivity contribution in [2.24, 2.45) is 11.8 Å². The van der Waals surface area contributed by atoms with Crippen LogP contribution in [0.5, 0.6) is 0 Å². The highest BCUT2D eigenvalue weighted by molar-refractivity contribution is 5.92. The normalized spacial score (nSPS) is 23.2. The SMILES string of the molecule is COCc1nc([C@H]2CN(C(=O)c3cn(C(C)C)cn3)C[C@@H]2C2CC2)n[nH]1. The number of aromatic amines is 1. The van der Waals surface area contributed by atoms with Crippen LogP contribution in [0.1, 0.15) is 60.8 Å². The van der Waals surface area contributed by atoms with Crippen LogP contribution in [0.3, 0.4) is 0 Å². The fourth-order valence-corrected chi connectivity index (χ4v) is 3.84. The van der Waals surface area contributed by atoms with Crippen molar-refractivity contribution < 1.29 is 9.53 Å². The number of carbonyl (C=O) groups excluding carboxylic acids is 1. The van der Waals surface area contributed by atoms with Gasteiger partial charge in [0, 0.05) is 38.4 Å². The Morgan fingerprint density at radius 2 is 2.19 bits per heavy atom. The summed E-state index contributed by atoms with van der Waals surface area (Å²) in [6, 6.07) is 0.294. The largest absolute Gasteiger partial charge is 0.377 e. The average Bonchev–Trinajstić information content (AvgIpc) is 3.06. The summed E-state index contributed by atoms with van der Waals surface area (Å²) in [6.45, 7) is 5.98. The van der Waals surface area contributed by atoms with E-state index in [2.05, 4.69) is 34.0 Å². The molecule has 0 bridgehead atoms. The zero-order chi connectivity index (χ0) is 18.3. The average molecular weight is 358 g/mol. The molecule has 1 aliphatic heterocycles. The van der Waals surface area contributed by atoms with Gasteiger partial charge in [-0.2, -0.15) is 5.10 Å². The lowest BCUT2D eigenvalue weighted by Crippen LogP contribution is -2.29. The Kier molecular flexibility index (Phi) is 4.52. The zero-order valence-electron chi connectivity index (χ0n) is 15.6. The summed E-state index contributed by atoms with van der Waals surface area (Å²) in [5, 5.41) is 7.35. The van der Waals surface area contributed by atoms with Crippen molar-refractivity contribution in [3.63, 3.8) is 0 Å². The fraction of sp³-hybridized carbons (Fsp3) is 0.667. The molecule has 2 aliphatic rings. The molecule has 1 saturated heterocycles. The van der Waals surface area contributed by atoms with Gasteiger partial charge >= 0.3 is 0 Å². The number of hydrogen-bond donors (Lipinski definition) is 1. The van der Waals surface area contributed by atoms with E-state index in [0.29, 0.717) is 36.7 Å². The maximum atomic E-state index is 12.9. The highest BCUT2D eigenvalue weighted by atomic mass is 16.5. The predicted octanol–water partition coefficient (Wildman–Crippen LogP) is 1.99. The highest BCUT2D eigenvalue weighted by Gasteiger charge is 2.46. The van der Waals surface area contributed by atoms with E-state index in [0.717, 1.165) is 18.2 Å². The minimum Gasteiger partial charge on any atom is -0.377 e. The van der Waals surface area contributed by atoms with Crippen LogP contribution in [-0.2, 0) is 11.3 Å². The minimum absolute atomic E-state index is 0.00482. The molecule has 2 atom stereocenters. The number of ether oxygens (including phenoxy) is 1. The van der Waals surface area contributed by atoms with Crippen LogP contribution in [0.25, 0.3) is 0 Å². The number of rotatable bonds is 6. The number of imidazole rings is 1. The lowest BCUT2D eigenvalue weighted by molar-refractivity contribution is 0.0779. The third kappa shape index (κ3) is 3.25. The van der Waals surface area contributed by atoms with Crippen LogP contribution in [0.4, 0.5) is 0 Å². The number of methoxy groups -OCH3 is 1. The van der Waals surface area contributed by atoms with Crippen LogP contribution in [0.2, 0.25) is 0 Å². The van der Waals surface area contributed by atoms with Crippen molar-refractivity contribution in [2.45, 2.75) is 45.3 Å². The molecule has 8 nitrogen and oxygen atoms in total. The van der Waals surface area contributed by atoms with Gasteiger partial charge in [-0.15, -0.1) is 0 Å². The summed E-state index contributed by atoms with van der Waals surface area (Å²) < 4.78 is 7.08. The molecule has 0 spiro atoms. The summed E-state index contributed by atoms with van der Waals surface area (Å²) in [4.78, 5) is 23.8. The number of aromatic nitrogens is 5. The Bertz CT molecular complexity index is 778. The van der Waals surface area contributed by atoms with Crippen LogP contribution in [0.15, 0.2) is 12.5 Å². The monoisotopic (exact) mass is 358 g/mol. The Morgan fingerprint density at radius 3 is 2.85 bits per heavy atom. The molecule has 2 aromatic rings. The third-order valence-corrected chi connectivity index (χ3v) is 5.46. The Morgan fingerprint density at radius 1 is 1.38 bits per heavy atom. The van der Waals surface area contributed by atoms with Gasteiger partial charge in [0.25, 0.3) is 5.91 Å². The molecule has 140 valence electrons. The second-order valence-electron chi connectivity index (χ2n) is 7.69. The first-order valence-corrected chi connectivity index (χ1v) is 9.29.